The van der Waals surface area contributed by atoms with Crippen molar-refractivity contribution in [3.05, 3.63) is 28.2 Å². The minimum Gasteiger partial charge on any atom is -0.207 e. The average molecular weight is 321 g/mol. The fraction of sp³-hybridized carbons (Fsp3) is 0.417. The molecule has 0 heterocycles. The van der Waals surface area contributed by atoms with E-state index in [0.717, 1.165) is 0 Å². The van der Waals surface area contributed by atoms with Crippen LogP contribution in [0.15, 0.2) is 23.1 Å². The van der Waals surface area contributed by atoms with Gasteiger partial charge in [-0.05, 0) is 32.0 Å². The van der Waals surface area contributed by atoms with Crippen molar-refractivity contribution in [2.24, 2.45) is 0 Å². The van der Waals surface area contributed by atoms with Crippen molar-refractivity contribution in [2.75, 3.05) is 6.54 Å². The maximum atomic E-state index is 12.5. The standard InChI is InChI=1S/C12H14Cl2N2O2S/c1-9(2)16(5-3-4-15)19(17,18)12-7-10(13)6-11(14)8-12/h6-9H,3,5H2,1-2H3. The second kappa shape index (κ2) is 6.58. The summed E-state index contributed by atoms with van der Waals surface area (Å²) in [5, 5.41) is 9.13. The largest absolute Gasteiger partial charge is 0.243 e. The fourth-order valence-corrected chi connectivity index (χ4v) is 3.99. The number of rotatable bonds is 5. The van der Waals surface area contributed by atoms with Crippen LogP contribution >= 0.6 is 23.2 Å². The van der Waals surface area contributed by atoms with E-state index < -0.39 is 10.0 Å². The van der Waals surface area contributed by atoms with E-state index in [-0.39, 0.29) is 33.9 Å². The van der Waals surface area contributed by atoms with Gasteiger partial charge in [0.2, 0.25) is 10.0 Å². The Kier molecular flexibility index (Phi) is 5.63. The van der Waals surface area contributed by atoms with Crippen molar-refractivity contribution in [3.8, 4) is 6.07 Å². The van der Waals surface area contributed by atoms with Gasteiger partial charge in [-0.1, -0.05) is 23.2 Å². The van der Waals surface area contributed by atoms with Gasteiger partial charge in [-0.2, -0.15) is 9.57 Å². The van der Waals surface area contributed by atoms with Crippen LogP contribution in [0, 0.1) is 11.3 Å². The van der Waals surface area contributed by atoms with Crippen LogP contribution < -0.4 is 0 Å². The molecule has 0 aliphatic heterocycles. The highest BCUT2D eigenvalue weighted by Crippen LogP contribution is 2.25. The number of sulfonamides is 1. The SMILES string of the molecule is CC(C)N(CCC#N)S(=O)(=O)c1cc(Cl)cc(Cl)c1. The van der Waals surface area contributed by atoms with E-state index in [1.165, 1.54) is 22.5 Å². The third kappa shape index (κ3) is 4.08. The topological polar surface area (TPSA) is 61.2 Å². The van der Waals surface area contributed by atoms with Crippen LogP contribution in [-0.4, -0.2) is 25.3 Å². The van der Waals surface area contributed by atoms with Crippen LogP contribution in [0.2, 0.25) is 10.0 Å². The molecule has 1 aromatic carbocycles. The Hall–Kier alpha value is -0.800. The van der Waals surface area contributed by atoms with Crippen LogP contribution in [0.5, 0.6) is 0 Å². The zero-order valence-electron chi connectivity index (χ0n) is 10.6. The quantitative estimate of drug-likeness (QED) is 0.836. The van der Waals surface area contributed by atoms with E-state index in [0.29, 0.717) is 0 Å². The first-order valence-electron chi connectivity index (χ1n) is 5.64. The second-order valence-electron chi connectivity index (χ2n) is 4.22. The lowest BCUT2D eigenvalue weighted by Gasteiger charge is -2.25. The van der Waals surface area contributed by atoms with Crippen LogP contribution in [-0.2, 0) is 10.0 Å². The molecule has 104 valence electrons. The van der Waals surface area contributed by atoms with Gasteiger partial charge >= 0.3 is 0 Å². The Labute approximate surface area is 123 Å². The maximum Gasteiger partial charge on any atom is 0.243 e. The number of nitriles is 1. The van der Waals surface area contributed by atoms with Crippen LogP contribution in [0.4, 0.5) is 0 Å². The summed E-state index contributed by atoms with van der Waals surface area (Å²) in [6, 6.07) is 5.86. The summed E-state index contributed by atoms with van der Waals surface area (Å²) in [6.07, 6.45) is 0.131. The third-order valence-electron chi connectivity index (χ3n) is 2.46. The molecule has 19 heavy (non-hydrogen) atoms. The highest BCUT2D eigenvalue weighted by molar-refractivity contribution is 7.89. The van der Waals surface area contributed by atoms with Gasteiger partial charge in [0, 0.05) is 29.1 Å². The first-order valence-corrected chi connectivity index (χ1v) is 7.83. The van der Waals surface area contributed by atoms with Gasteiger partial charge in [0.25, 0.3) is 0 Å². The van der Waals surface area contributed by atoms with E-state index in [9.17, 15) is 8.42 Å². The third-order valence-corrected chi connectivity index (χ3v) is 4.95. The van der Waals surface area contributed by atoms with Crippen LogP contribution in [0.1, 0.15) is 20.3 Å². The van der Waals surface area contributed by atoms with Gasteiger partial charge in [0.05, 0.1) is 11.0 Å². The molecule has 1 aromatic rings. The number of hydrogen-bond donors (Lipinski definition) is 0. The molecule has 0 saturated carbocycles. The van der Waals surface area contributed by atoms with Gasteiger partial charge in [-0.15, -0.1) is 0 Å². The first-order chi connectivity index (χ1) is 8.78. The molecule has 1 rings (SSSR count). The molecule has 0 radical (unpaired) electrons. The Morgan fingerprint density at radius 3 is 2.21 bits per heavy atom. The van der Waals surface area contributed by atoms with Crippen molar-refractivity contribution in [3.63, 3.8) is 0 Å². The second-order valence-corrected chi connectivity index (χ2v) is 6.99. The van der Waals surface area contributed by atoms with Crippen molar-refractivity contribution < 1.29 is 8.42 Å². The average Bonchev–Trinajstić information content (AvgIpc) is 2.27. The highest BCUT2D eigenvalue weighted by Gasteiger charge is 2.27. The molecule has 0 fully saturated rings. The Morgan fingerprint density at radius 2 is 1.79 bits per heavy atom. The Balaban J connectivity index is 3.23. The molecule has 0 N–H and O–H groups in total. The summed E-state index contributed by atoms with van der Waals surface area (Å²) in [5.74, 6) is 0. The molecule has 0 amide bonds. The maximum absolute atomic E-state index is 12.5. The lowest BCUT2D eigenvalue weighted by atomic mass is 10.3. The number of benzene rings is 1. The van der Waals surface area contributed by atoms with E-state index in [1.807, 2.05) is 6.07 Å². The van der Waals surface area contributed by atoms with Crippen molar-refractivity contribution in [2.45, 2.75) is 31.2 Å². The van der Waals surface area contributed by atoms with Crippen molar-refractivity contribution >= 4 is 33.2 Å². The van der Waals surface area contributed by atoms with Crippen LogP contribution in [0.25, 0.3) is 0 Å². The fourth-order valence-electron chi connectivity index (χ4n) is 1.63. The minimum absolute atomic E-state index is 0.0386. The van der Waals surface area contributed by atoms with E-state index in [4.69, 9.17) is 28.5 Å². The molecule has 0 aliphatic carbocycles. The lowest BCUT2D eigenvalue weighted by molar-refractivity contribution is 0.360. The molecular formula is C12H14Cl2N2O2S. The summed E-state index contributed by atoms with van der Waals surface area (Å²) in [4.78, 5) is 0.0386. The van der Waals surface area contributed by atoms with Crippen LogP contribution in [0.3, 0.4) is 0 Å². The van der Waals surface area contributed by atoms with Gasteiger partial charge in [-0.3, -0.25) is 0 Å². The predicted molar refractivity (Wildman–Crippen MR) is 75.7 cm³/mol. The zero-order chi connectivity index (χ0) is 14.6. The molecule has 4 nitrogen and oxygen atoms in total. The van der Waals surface area contributed by atoms with Gasteiger partial charge < -0.3 is 0 Å². The first kappa shape index (κ1) is 16.3. The number of halogens is 2. The zero-order valence-corrected chi connectivity index (χ0v) is 12.9. The number of hydrogen-bond acceptors (Lipinski definition) is 3. The molecule has 0 bridgehead atoms. The molecule has 0 unspecified atom stereocenters. The molecule has 0 aromatic heterocycles. The predicted octanol–water partition coefficient (Wildman–Crippen LogP) is 3.31. The van der Waals surface area contributed by atoms with Crippen molar-refractivity contribution in [1.82, 2.24) is 4.31 Å². The summed E-state index contributed by atoms with van der Waals surface area (Å²) < 4.78 is 26.2. The Bertz CT molecular complexity index is 574. The molecule has 0 saturated heterocycles. The molecule has 7 heteroatoms. The summed E-state index contributed by atoms with van der Waals surface area (Å²) in [5.41, 5.74) is 0. The number of nitrogens with zero attached hydrogens (tertiary/aromatic N) is 2. The van der Waals surface area contributed by atoms with E-state index in [1.54, 1.807) is 13.8 Å². The lowest BCUT2D eigenvalue weighted by Crippen LogP contribution is -2.37. The monoisotopic (exact) mass is 320 g/mol. The van der Waals surface area contributed by atoms with E-state index in [2.05, 4.69) is 0 Å². The van der Waals surface area contributed by atoms with Gasteiger partial charge in [0.15, 0.2) is 0 Å². The smallest absolute Gasteiger partial charge is 0.207 e. The minimum atomic E-state index is -3.70. The molecular weight excluding hydrogens is 307 g/mol. The van der Waals surface area contributed by atoms with Gasteiger partial charge in [0.1, 0.15) is 0 Å². The normalized spacial score (nSPS) is 11.8. The molecule has 0 atom stereocenters. The summed E-state index contributed by atoms with van der Waals surface area (Å²) in [7, 11) is -3.70. The highest BCUT2D eigenvalue weighted by atomic mass is 35.5. The van der Waals surface area contributed by atoms with Gasteiger partial charge in [-0.25, -0.2) is 8.42 Å². The van der Waals surface area contributed by atoms with Crippen molar-refractivity contribution in [1.29, 1.82) is 5.26 Å². The van der Waals surface area contributed by atoms with E-state index >= 15 is 0 Å². The summed E-state index contributed by atoms with van der Waals surface area (Å²) in [6.45, 7) is 3.64. The molecule has 0 aliphatic rings. The summed E-state index contributed by atoms with van der Waals surface area (Å²) >= 11 is 11.7. The molecule has 0 spiro atoms. The Morgan fingerprint density at radius 1 is 1.26 bits per heavy atom.